The average molecular weight is 412 g/mol. The minimum absolute atomic E-state index is 0.167. The molecule has 0 aromatic heterocycles. The highest BCUT2D eigenvalue weighted by molar-refractivity contribution is 6.31. The Labute approximate surface area is 176 Å². The van der Waals surface area contributed by atoms with Crippen molar-refractivity contribution >= 4 is 23.4 Å². The van der Waals surface area contributed by atoms with Crippen molar-refractivity contribution in [3.8, 4) is 0 Å². The second kappa shape index (κ2) is 7.47. The van der Waals surface area contributed by atoms with Crippen LogP contribution >= 0.6 is 11.6 Å². The molecule has 5 nitrogen and oxygen atoms in total. The number of fused-ring (bicyclic) bond motifs is 1. The second-order valence-electron chi connectivity index (χ2n) is 8.50. The average Bonchev–Trinajstić information content (AvgIpc) is 3.38. The van der Waals surface area contributed by atoms with E-state index in [9.17, 15) is 9.59 Å². The molecule has 1 heterocycles. The predicted molar refractivity (Wildman–Crippen MR) is 114 cm³/mol. The molecule has 0 saturated heterocycles. The summed E-state index contributed by atoms with van der Waals surface area (Å²) >= 11 is 6.06. The molecule has 4 rings (SSSR count). The molecular weight excluding hydrogens is 386 g/mol. The maximum absolute atomic E-state index is 12.8. The quantitative estimate of drug-likeness (QED) is 0.761. The largest absolute Gasteiger partial charge is 0.368 e. The monoisotopic (exact) mass is 411 g/mol. The van der Waals surface area contributed by atoms with Crippen molar-refractivity contribution in [1.29, 1.82) is 0 Å². The molecular formula is C23H26ClN3O2. The Hall–Kier alpha value is -2.37. The molecule has 6 heteroatoms. The van der Waals surface area contributed by atoms with Crippen LogP contribution in [0.15, 0.2) is 42.5 Å². The molecule has 2 aliphatic rings. The Morgan fingerprint density at radius 3 is 2.48 bits per heavy atom. The molecule has 0 radical (unpaired) electrons. The van der Waals surface area contributed by atoms with Crippen LogP contribution < -0.4 is 5.73 Å². The standard InChI is InChI=1S/C23H26ClN3O2/c1-26(2)14-23(10-11-23)16-5-3-15(4-6-16)9-12-27-20(21(25)28)19-13-17(24)7-8-18(19)22(27)29/h3-8,13,20H,9-12,14H2,1-2H3,(H2,25,28). The summed E-state index contributed by atoms with van der Waals surface area (Å²) in [6.45, 7) is 1.50. The van der Waals surface area contributed by atoms with Crippen molar-refractivity contribution < 1.29 is 9.59 Å². The van der Waals surface area contributed by atoms with E-state index >= 15 is 0 Å². The lowest BCUT2D eigenvalue weighted by Gasteiger charge is -2.23. The molecule has 1 fully saturated rings. The molecule has 2 amide bonds. The minimum atomic E-state index is -0.759. The molecule has 1 atom stereocenters. The van der Waals surface area contributed by atoms with Crippen molar-refractivity contribution in [2.45, 2.75) is 30.7 Å². The van der Waals surface area contributed by atoms with Gasteiger partial charge < -0.3 is 15.5 Å². The molecule has 2 aromatic carbocycles. The molecule has 152 valence electrons. The Morgan fingerprint density at radius 2 is 1.90 bits per heavy atom. The van der Waals surface area contributed by atoms with E-state index in [4.69, 9.17) is 17.3 Å². The molecule has 29 heavy (non-hydrogen) atoms. The fourth-order valence-corrected chi connectivity index (χ4v) is 4.68. The van der Waals surface area contributed by atoms with Gasteiger partial charge in [-0.2, -0.15) is 0 Å². The van der Waals surface area contributed by atoms with E-state index in [1.165, 1.54) is 18.4 Å². The summed E-state index contributed by atoms with van der Waals surface area (Å²) in [5.41, 5.74) is 9.54. The molecule has 2 aromatic rings. The number of hydrogen-bond acceptors (Lipinski definition) is 3. The van der Waals surface area contributed by atoms with Crippen LogP contribution in [-0.2, 0) is 16.6 Å². The number of halogens is 1. The summed E-state index contributed by atoms with van der Waals surface area (Å²) in [5, 5.41) is 0.493. The third-order valence-corrected chi connectivity index (χ3v) is 6.30. The number of likely N-dealkylation sites (N-methyl/N-ethyl adjacent to an activating group) is 1. The zero-order valence-electron chi connectivity index (χ0n) is 16.8. The summed E-state index contributed by atoms with van der Waals surface area (Å²) in [4.78, 5) is 28.7. The van der Waals surface area contributed by atoms with Crippen molar-refractivity contribution in [2.75, 3.05) is 27.2 Å². The van der Waals surface area contributed by atoms with E-state index in [2.05, 4.69) is 43.3 Å². The number of carbonyl (C=O) groups excluding carboxylic acids is 2. The molecule has 0 bridgehead atoms. The zero-order valence-corrected chi connectivity index (χ0v) is 17.6. The van der Waals surface area contributed by atoms with Crippen LogP contribution in [0.2, 0.25) is 5.02 Å². The highest BCUT2D eigenvalue weighted by Gasteiger charge is 2.44. The topological polar surface area (TPSA) is 66.6 Å². The number of hydrogen-bond donors (Lipinski definition) is 1. The summed E-state index contributed by atoms with van der Waals surface area (Å²) in [6, 6.07) is 12.9. The van der Waals surface area contributed by atoms with Crippen molar-refractivity contribution in [2.24, 2.45) is 5.73 Å². The molecule has 0 spiro atoms. The first-order chi connectivity index (χ1) is 13.8. The number of carbonyl (C=O) groups is 2. The van der Waals surface area contributed by atoms with Gasteiger partial charge in [0.25, 0.3) is 5.91 Å². The van der Waals surface area contributed by atoms with Gasteiger partial charge >= 0.3 is 0 Å². The zero-order chi connectivity index (χ0) is 20.8. The third kappa shape index (κ3) is 3.77. The van der Waals surface area contributed by atoms with Gasteiger partial charge in [0.1, 0.15) is 6.04 Å². The summed E-state index contributed by atoms with van der Waals surface area (Å²) in [6.07, 6.45) is 3.13. The minimum Gasteiger partial charge on any atom is -0.368 e. The van der Waals surface area contributed by atoms with Gasteiger partial charge in [0.05, 0.1) is 0 Å². The van der Waals surface area contributed by atoms with E-state index in [-0.39, 0.29) is 5.91 Å². The number of benzene rings is 2. The SMILES string of the molecule is CN(C)CC1(c2ccc(CCN3C(=O)c4ccc(Cl)cc4C3C(N)=O)cc2)CC1. The number of rotatable bonds is 7. The van der Waals surface area contributed by atoms with Crippen LogP contribution in [-0.4, -0.2) is 48.8 Å². The van der Waals surface area contributed by atoms with Gasteiger partial charge in [-0.3, -0.25) is 9.59 Å². The van der Waals surface area contributed by atoms with Gasteiger partial charge in [0.2, 0.25) is 5.91 Å². The highest BCUT2D eigenvalue weighted by Crippen LogP contribution is 2.48. The first-order valence-electron chi connectivity index (χ1n) is 9.95. The van der Waals surface area contributed by atoms with Crippen LogP contribution in [0.25, 0.3) is 0 Å². The van der Waals surface area contributed by atoms with E-state index < -0.39 is 11.9 Å². The van der Waals surface area contributed by atoms with Gasteiger partial charge in [-0.05, 0) is 68.2 Å². The summed E-state index contributed by atoms with van der Waals surface area (Å²) in [7, 11) is 4.23. The number of amides is 2. The van der Waals surface area contributed by atoms with E-state index in [1.54, 1.807) is 23.1 Å². The van der Waals surface area contributed by atoms with Crippen molar-refractivity contribution in [1.82, 2.24) is 9.80 Å². The van der Waals surface area contributed by atoms with Crippen LogP contribution in [0, 0.1) is 0 Å². The smallest absolute Gasteiger partial charge is 0.255 e. The third-order valence-electron chi connectivity index (χ3n) is 6.06. The summed E-state index contributed by atoms with van der Waals surface area (Å²) in [5.74, 6) is -0.700. The molecule has 2 N–H and O–H groups in total. The van der Waals surface area contributed by atoms with Crippen LogP contribution in [0.4, 0.5) is 0 Å². The summed E-state index contributed by atoms with van der Waals surface area (Å²) < 4.78 is 0. The lowest BCUT2D eigenvalue weighted by molar-refractivity contribution is -0.122. The van der Waals surface area contributed by atoms with E-state index in [0.29, 0.717) is 34.5 Å². The van der Waals surface area contributed by atoms with Gasteiger partial charge in [-0.25, -0.2) is 0 Å². The molecule has 1 unspecified atom stereocenters. The highest BCUT2D eigenvalue weighted by atomic mass is 35.5. The van der Waals surface area contributed by atoms with Gasteiger partial charge in [-0.1, -0.05) is 35.9 Å². The van der Waals surface area contributed by atoms with Crippen LogP contribution in [0.3, 0.4) is 0 Å². The van der Waals surface area contributed by atoms with Crippen molar-refractivity contribution in [3.05, 3.63) is 69.7 Å². The first kappa shape index (κ1) is 19.9. The first-order valence-corrected chi connectivity index (χ1v) is 10.3. The Bertz CT molecular complexity index is 951. The normalized spacial score (nSPS) is 19.5. The lowest BCUT2D eigenvalue weighted by atomic mass is 9.94. The lowest BCUT2D eigenvalue weighted by Crippen LogP contribution is -2.37. The van der Waals surface area contributed by atoms with Crippen molar-refractivity contribution in [3.63, 3.8) is 0 Å². The van der Waals surface area contributed by atoms with Crippen LogP contribution in [0.5, 0.6) is 0 Å². The Kier molecular flexibility index (Phi) is 5.13. The number of primary amides is 1. The van der Waals surface area contributed by atoms with Crippen LogP contribution in [0.1, 0.15) is 45.9 Å². The fraction of sp³-hybridized carbons (Fsp3) is 0.391. The molecule has 1 saturated carbocycles. The maximum Gasteiger partial charge on any atom is 0.255 e. The second-order valence-corrected chi connectivity index (χ2v) is 8.94. The van der Waals surface area contributed by atoms with Gasteiger partial charge in [0, 0.05) is 29.1 Å². The van der Waals surface area contributed by atoms with E-state index in [0.717, 1.165) is 12.1 Å². The van der Waals surface area contributed by atoms with E-state index in [1.807, 2.05) is 0 Å². The molecule has 1 aliphatic heterocycles. The maximum atomic E-state index is 12.8. The molecule has 1 aliphatic carbocycles. The van der Waals surface area contributed by atoms with Gasteiger partial charge in [-0.15, -0.1) is 0 Å². The predicted octanol–water partition coefficient (Wildman–Crippen LogP) is 3.16. The number of nitrogens with zero attached hydrogens (tertiary/aromatic N) is 2. The van der Waals surface area contributed by atoms with Gasteiger partial charge in [0.15, 0.2) is 0 Å². The number of nitrogens with two attached hydrogens (primary N) is 1. The fourth-order valence-electron chi connectivity index (χ4n) is 4.50. The Balaban J connectivity index is 1.47. The Morgan fingerprint density at radius 1 is 1.21 bits per heavy atom.